The van der Waals surface area contributed by atoms with E-state index < -0.39 is 6.04 Å². The SMILES string of the molecule is CCOc1cc(C2C(C(=O)Nc3ccccc3C)=C(C)Nc3ncnn32)cc(Br)c1OCc1ccc(Cl)cc1Cl. The van der Waals surface area contributed by atoms with Gasteiger partial charge in [-0.1, -0.05) is 47.5 Å². The van der Waals surface area contributed by atoms with Gasteiger partial charge >= 0.3 is 0 Å². The molecule has 0 spiro atoms. The highest BCUT2D eigenvalue weighted by Crippen LogP contribution is 2.43. The number of nitrogens with one attached hydrogen (secondary N) is 2. The van der Waals surface area contributed by atoms with E-state index in [0.29, 0.717) is 49.8 Å². The lowest BCUT2D eigenvalue weighted by molar-refractivity contribution is -0.113. The number of benzene rings is 3. The van der Waals surface area contributed by atoms with Gasteiger partial charge in [0.1, 0.15) is 19.0 Å². The number of ether oxygens (including phenoxy) is 2. The van der Waals surface area contributed by atoms with Gasteiger partial charge < -0.3 is 20.1 Å². The maximum absolute atomic E-state index is 13.8. The van der Waals surface area contributed by atoms with Crippen molar-refractivity contribution in [3.05, 3.63) is 103 Å². The van der Waals surface area contributed by atoms with Crippen molar-refractivity contribution in [3.63, 3.8) is 0 Å². The van der Waals surface area contributed by atoms with Crippen LogP contribution in [0.1, 0.15) is 36.6 Å². The fourth-order valence-electron chi connectivity index (χ4n) is 4.53. The average molecular weight is 643 g/mol. The minimum absolute atomic E-state index is 0.206. The zero-order valence-corrected chi connectivity index (χ0v) is 25.1. The summed E-state index contributed by atoms with van der Waals surface area (Å²) in [6.07, 6.45) is 1.45. The molecule has 0 bridgehead atoms. The first kappa shape index (κ1) is 28.0. The Balaban J connectivity index is 1.53. The normalized spacial score (nSPS) is 14.4. The van der Waals surface area contributed by atoms with Crippen LogP contribution in [0.5, 0.6) is 11.5 Å². The van der Waals surface area contributed by atoms with Crippen LogP contribution in [0.3, 0.4) is 0 Å². The number of hydrogen-bond donors (Lipinski definition) is 2. The minimum Gasteiger partial charge on any atom is -0.490 e. The van der Waals surface area contributed by atoms with Gasteiger partial charge in [-0.05, 0) is 78.2 Å². The molecule has 1 aromatic heterocycles. The molecule has 40 heavy (non-hydrogen) atoms. The summed E-state index contributed by atoms with van der Waals surface area (Å²) in [5.74, 6) is 1.29. The number of hydrogen-bond acceptors (Lipinski definition) is 6. The number of aryl methyl sites for hydroxylation is 1. The van der Waals surface area contributed by atoms with Crippen LogP contribution in [0.25, 0.3) is 0 Å². The third-order valence-electron chi connectivity index (χ3n) is 6.47. The zero-order chi connectivity index (χ0) is 28.4. The van der Waals surface area contributed by atoms with Gasteiger partial charge in [-0.2, -0.15) is 10.1 Å². The van der Waals surface area contributed by atoms with Crippen LogP contribution < -0.4 is 20.1 Å². The van der Waals surface area contributed by atoms with Gasteiger partial charge in [-0.15, -0.1) is 0 Å². The Morgan fingerprint density at radius 3 is 2.67 bits per heavy atom. The van der Waals surface area contributed by atoms with E-state index in [9.17, 15) is 4.79 Å². The molecule has 0 radical (unpaired) electrons. The third kappa shape index (κ3) is 5.68. The number of aromatic nitrogens is 3. The van der Waals surface area contributed by atoms with Gasteiger partial charge in [-0.3, -0.25) is 4.79 Å². The van der Waals surface area contributed by atoms with E-state index in [1.165, 1.54) is 6.33 Å². The number of nitrogens with zero attached hydrogens (tertiary/aromatic N) is 3. The Kier molecular flexibility index (Phi) is 8.35. The summed E-state index contributed by atoms with van der Waals surface area (Å²) in [7, 11) is 0. The summed E-state index contributed by atoms with van der Waals surface area (Å²) < 4.78 is 14.5. The molecule has 206 valence electrons. The molecule has 3 aromatic carbocycles. The number of anilines is 2. The lowest BCUT2D eigenvalue weighted by Crippen LogP contribution is -2.31. The molecule has 1 aliphatic heterocycles. The Morgan fingerprint density at radius 2 is 1.93 bits per heavy atom. The molecule has 8 nitrogen and oxygen atoms in total. The van der Waals surface area contributed by atoms with E-state index in [1.54, 1.807) is 16.8 Å². The van der Waals surface area contributed by atoms with Crippen molar-refractivity contribution in [1.82, 2.24) is 14.8 Å². The van der Waals surface area contributed by atoms with Crippen molar-refractivity contribution in [2.24, 2.45) is 0 Å². The molecule has 1 unspecified atom stereocenters. The van der Waals surface area contributed by atoms with E-state index in [4.69, 9.17) is 32.7 Å². The van der Waals surface area contributed by atoms with E-state index in [1.807, 2.05) is 63.2 Å². The van der Waals surface area contributed by atoms with Crippen LogP contribution >= 0.6 is 39.1 Å². The number of amides is 1. The molecular formula is C29H26BrCl2N5O3. The van der Waals surface area contributed by atoms with Crippen LogP contribution in [-0.2, 0) is 11.4 Å². The summed E-state index contributed by atoms with van der Waals surface area (Å²) >= 11 is 16.1. The summed E-state index contributed by atoms with van der Waals surface area (Å²) in [5.41, 5.74) is 4.40. The van der Waals surface area contributed by atoms with Crippen LogP contribution in [-0.4, -0.2) is 27.3 Å². The third-order valence-corrected chi connectivity index (χ3v) is 7.64. The highest BCUT2D eigenvalue weighted by atomic mass is 79.9. The number of rotatable bonds is 8. The zero-order valence-electron chi connectivity index (χ0n) is 22.0. The van der Waals surface area contributed by atoms with Gasteiger partial charge in [0.25, 0.3) is 5.91 Å². The van der Waals surface area contributed by atoms with Gasteiger partial charge in [0.15, 0.2) is 11.5 Å². The van der Waals surface area contributed by atoms with Crippen molar-refractivity contribution < 1.29 is 14.3 Å². The van der Waals surface area contributed by atoms with Crippen LogP contribution in [0.2, 0.25) is 10.0 Å². The fraction of sp³-hybridized carbons (Fsp3) is 0.207. The maximum atomic E-state index is 13.8. The lowest BCUT2D eigenvalue weighted by Gasteiger charge is -2.29. The highest BCUT2D eigenvalue weighted by Gasteiger charge is 2.34. The Morgan fingerprint density at radius 1 is 1.12 bits per heavy atom. The van der Waals surface area contributed by atoms with Crippen molar-refractivity contribution >= 4 is 56.7 Å². The van der Waals surface area contributed by atoms with Crippen LogP contribution in [0, 0.1) is 6.92 Å². The predicted octanol–water partition coefficient (Wildman–Crippen LogP) is 7.56. The number of halogens is 3. The summed E-state index contributed by atoms with van der Waals surface area (Å²) in [4.78, 5) is 18.1. The molecule has 5 rings (SSSR count). The molecule has 11 heteroatoms. The fourth-order valence-corrected chi connectivity index (χ4v) is 5.57. The van der Waals surface area contributed by atoms with Gasteiger partial charge in [0.2, 0.25) is 5.95 Å². The van der Waals surface area contributed by atoms with Crippen molar-refractivity contribution in [2.75, 3.05) is 17.2 Å². The predicted molar refractivity (Wildman–Crippen MR) is 160 cm³/mol. The topological polar surface area (TPSA) is 90.3 Å². The number of carbonyl (C=O) groups excluding carboxylic acids is 1. The monoisotopic (exact) mass is 641 g/mol. The van der Waals surface area contributed by atoms with E-state index in [2.05, 4.69) is 36.6 Å². The van der Waals surface area contributed by atoms with Crippen LogP contribution in [0.4, 0.5) is 11.6 Å². The second-order valence-corrected chi connectivity index (χ2v) is 10.8. The second kappa shape index (κ2) is 11.9. The molecule has 2 N–H and O–H groups in total. The van der Waals surface area contributed by atoms with E-state index >= 15 is 0 Å². The van der Waals surface area contributed by atoms with E-state index in [-0.39, 0.29) is 12.5 Å². The number of allylic oxidation sites excluding steroid dienone is 1. The molecule has 2 heterocycles. The molecule has 1 atom stereocenters. The van der Waals surface area contributed by atoms with E-state index in [0.717, 1.165) is 22.4 Å². The second-order valence-electron chi connectivity index (χ2n) is 9.15. The first-order valence-corrected chi connectivity index (χ1v) is 14.1. The van der Waals surface area contributed by atoms with Gasteiger partial charge in [0, 0.05) is 27.0 Å². The molecule has 0 aliphatic carbocycles. The smallest absolute Gasteiger partial charge is 0.255 e. The number of para-hydroxylation sites is 1. The summed E-state index contributed by atoms with van der Waals surface area (Å²) in [6, 6.07) is 16.1. The van der Waals surface area contributed by atoms with Crippen molar-refractivity contribution in [1.29, 1.82) is 0 Å². The standard InChI is InChI=1S/C29H26BrCl2N5O3/c1-4-39-24-12-19(11-21(30)27(24)40-14-18-9-10-20(31)13-22(18)32)26-25(17(3)35-29-33-15-34-37(26)29)28(38)36-23-8-6-5-7-16(23)2/h5-13,15,26H,4,14H2,1-3H3,(H,36,38)(H,33,34,35). The van der Waals surface area contributed by atoms with Crippen molar-refractivity contribution in [2.45, 2.75) is 33.4 Å². The largest absolute Gasteiger partial charge is 0.490 e. The molecule has 1 aliphatic rings. The Labute approximate surface area is 250 Å². The quantitative estimate of drug-likeness (QED) is 0.206. The minimum atomic E-state index is -0.585. The number of carbonyl (C=O) groups is 1. The first-order valence-electron chi connectivity index (χ1n) is 12.5. The summed E-state index contributed by atoms with van der Waals surface area (Å²) in [6.45, 7) is 6.31. The highest BCUT2D eigenvalue weighted by molar-refractivity contribution is 9.10. The molecule has 1 amide bonds. The molecule has 0 saturated heterocycles. The first-order chi connectivity index (χ1) is 19.3. The van der Waals surface area contributed by atoms with Crippen molar-refractivity contribution in [3.8, 4) is 11.5 Å². The maximum Gasteiger partial charge on any atom is 0.255 e. The summed E-state index contributed by atoms with van der Waals surface area (Å²) in [5, 5.41) is 11.8. The van der Waals surface area contributed by atoms with Gasteiger partial charge in [-0.25, -0.2) is 4.68 Å². The van der Waals surface area contributed by atoms with Gasteiger partial charge in [0.05, 0.1) is 16.7 Å². The molecule has 0 saturated carbocycles. The molecule has 0 fully saturated rings. The lowest BCUT2D eigenvalue weighted by atomic mass is 9.94. The Bertz CT molecular complexity index is 1620. The molecule has 4 aromatic rings. The Hall–Kier alpha value is -3.53. The molecular weight excluding hydrogens is 617 g/mol. The average Bonchev–Trinajstić information content (AvgIpc) is 3.37. The number of fused-ring (bicyclic) bond motifs is 1. The van der Waals surface area contributed by atoms with Crippen LogP contribution in [0.15, 0.2) is 76.7 Å².